The maximum atomic E-state index is 6.03. The quantitative estimate of drug-likeness (QED) is 0.334. The van der Waals surface area contributed by atoms with Gasteiger partial charge in [-0.25, -0.2) is 4.99 Å². The standard InChI is InChI=1S/C21H33ClN4O.HI/c1-4-23-21(24-14-15(2)27-20-10-5-7-16(22)11-20)25-17-12-18-8-6-9-19(13-17)26(18)3;/h5,7,10-11,15,17-19H,4,6,8-9,12-14H2,1-3H3,(H2,23,24,25);1H. The zero-order valence-electron chi connectivity index (χ0n) is 17.2. The van der Waals surface area contributed by atoms with Gasteiger partial charge in [0.1, 0.15) is 11.9 Å². The minimum Gasteiger partial charge on any atom is -0.489 e. The number of benzene rings is 1. The zero-order valence-corrected chi connectivity index (χ0v) is 20.2. The van der Waals surface area contributed by atoms with Crippen molar-refractivity contribution in [2.24, 2.45) is 4.99 Å². The van der Waals surface area contributed by atoms with Crippen LogP contribution in [0.4, 0.5) is 0 Å². The molecule has 3 rings (SSSR count). The van der Waals surface area contributed by atoms with E-state index in [4.69, 9.17) is 21.3 Å². The van der Waals surface area contributed by atoms with Crippen LogP contribution in [0.5, 0.6) is 5.75 Å². The summed E-state index contributed by atoms with van der Waals surface area (Å²) in [6.45, 7) is 5.59. The van der Waals surface area contributed by atoms with E-state index < -0.39 is 0 Å². The molecule has 0 radical (unpaired) electrons. The molecule has 2 N–H and O–H groups in total. The van der Waals surface area contributed by atoms with E-state index in [2.05, 4.69) is 29.5 Å². The molecule has 1 aromatic rings. The Labute approximate surface area is 191 Å². The zero-order chi connectivity index (χ0) is 19.2. The van der Waals surface area contributed by atoms with Crippen molar-refractivity contribution in [2.75, 3.05) is 20.1 Å². The number of nitrogens with one attached hydrogen (secondary N) is 2. The Morgan fingerprint density at radius 1 is 1.32 bits per heavy atom. The predicted molar refractivity (Wildman–Crippen MR) is 128 cm³/mol. The summed E-state index contributed by atoms with van der Waals surface area (Å²) >= 11 is 6.03. The second-order valence-electron chi connectivity index (χ2n) is 7.82. The number of rotatable bonds is 6. The second kappa shape index (κ2) is 11.5. The van der Waals surface area contributed by atoms with Gasteiger partial charge in [-0.1, -0.05) is 24.1 Å². The molecule has 2 heterocycles. The lowest BCUT2D eigenvalue weighted by Gasteiger charge is -2.47. The van der Waals surface area contributed by atoms with Gasteiger partial charge >= 0.3 is 0 Å². The van der Waals surface area contributed by atoms with Crippen LogP contribution in [0.25, 0.3) is 0 Å². The van der Waals surface area contributed by atoms with Crippen LogP contribution < -0.4 is 15.4 Å². The molecule has 2 saturated heterocycles. The van der Waals surface area contributed by atoms with Gasteiger partial charge in [0.15, 0.2) is 5.96 Å². The molecule has 0 amide bonds. The number of halogens is 2. The van der Waals surface area contributed by atoms with E-state index in [0.717, 1.165) is 18.3 Å². The smallest absolute Gasteiger partial charge is 0.191 e. The molecule has 28 heavy (non-hydrogen) atoms. The first-order chi connectivity index (χ1) is 13.0. The maximum Gasteiger partial charge on any atom is 0.191 e. The highest BCUT2D eigenvalue weighted by molar-refractivity contribution is 14.0. The lowest BCUT2D eigenvalue weighted by Crippen LogP contribution is -2.56. The third kappa shape index (κ3) is 6.66. The van der Waals surface area contributed by atoms with E-state index in [1.807, 2.05) is 31.2 Å². The molecular formula is C21H34ClIN4O. The highest BCUT2D eigenvalue weighted by Gasteiger charge is 2.36. The van der Waals surface area contributed by atoms with Crippen molar-refractivity contribution in [3.8, 4) is 5.75 Å². The molecule has 0 spiro atoms. The molecular weight excluding hydrogens is 487 g/mol. The van der Waals surface area contributed by atoms with Crippen LogP contribution in [-0.2, 0) is 0 Å². The Bertz CT molecular complexity index is 631. The number of aliphatic imine (C=N–C) groups is 1. The summed E-state index contributed by atoms with van der Waals surface area (Å²) in [5.41, 5.74) is 0. The van der Waals surface area contributed by atoms with E-state index in [9.17, 15) is 0 Å². The maximum absolute atomic E-state index is 6.03. The molecule has 3 unspecified atom stereocenters. The van der Waals surface area contributed by atoms with Crippen molar-refractivity contribution in [1.82, 2.24) is 15.5 Å². The number of guanidine groups is 1. The molecule has 0 aliphatic carbocycles. The first-order valence-corrected chi connectivity index (χ1v) is 10.6. The molecule has 2 bridgehead atoms. The Hall–Kier alpha value is -0.730. The largest absolute Gasteiger partial charge is 0.489 e. The van der Waals surface area contributed by atoms with Crippen molar-refractivity contribution in [2.45, 2.75) is 70.2 Å². The topological polar surface area (TPSA) is 48.9 Å². The minimum atomic E-state index is -0.0178. The number of piperidine rings is 2. The fourth-order valence-corrected chi connectivity index (χ4v) is 4.46. The molecule has 5 nitrogen and oxygen atoms in total. The van der Waals surface area contributed by atoms with Crippen molar-refractivity contribution < 1.29 is 4.74 Å². The van der Waals surface area contributed by atoms with E-state index in [-0.39, 0.29) is 30.1 Å². The van der Waals surface area contributed by atoms with Crippen LogP contribution in [-0.4, -0.2) is 55.2 Å². The van der Waals surface area contributed by atoms with E-state index >= 15 is 0 Å². The molecule has 0 aromatic heterocycles. The summed E-state index contributed by atoms with van der Waals surface area (Å²) in [7, 11) is 2.29. The molecule has 2 aliphatic rings. The summed E-state index contributed by atoms with van der Waals surface area (Å²) in [4.78, 5) is 7.35. The first kappa shape index (κ1) is 23.5. The Kier molecular flexibility index (Phi) is 9.63. The van der Waals surface area contributed by atoms with Crippen molar-refractivity contribution in [1.29, 1.82) is 0 Å². The van der Waals surface area contributed by atoms with Crippen LogP contribution >= 0.6 is 35.6 Å². The highest BCUT2D eigenvalue weighted by Crippen LogP contribution is 2.32. The van der Waals surface area contributed by atoms with Gasteiger partial charge in [0.05, 0.1) is 6.54 Å². The monoisotopic (exact) mass is 520 g/mol. The van der Waals surface area contributed by atoms with Crippen LogP contribution in [0.15, 0.2) is 29.3 Å². The average Bonchev–Trinajstić information content (AvgIpc) is 2.61. The number of ether oxygens (including phenoxy) is 1. The van der Waals surface area contributed by atoms with Crippen LogP contribution in [0.2, 0.25) is 5.02 Å². The second-order valence-corrected chi connectivity index (χ2v) is 8.26. The number of hydrogen-bond donors (Lipinski definition) is 2. The van der Waals surface area contributed by atoms with E-state index in [1.165, 1.54) is 32.1 Å². The Morgan fingerprint density at radius 3 is 2.68 bits per heavy atom. The van der Waals surface area contributed by atoms with Gasteiger partial charge in [0, 0.05) is 29.7 Å². The molecule has 0 saturated carbocycles. The normalized spacial score (nSPS) is 26.1. The molecule has 2 fully saturated rings. The third-order valence-electron chi connectivity index (χ3n) is 5.66. The third-order valence-corrected chi connectivity index (χ3v) is 5.90. The van der Waals surface area contributed by atoms with Gasteiger partial charge in [0.25, 0.3) is 0 Å². The molecule has 2 aliphatic heterocycles. The molecule has 158 valence electrons. The van der Waals surface area contributed by atoms with Crippen LogP contribution in [0.3, 0.4) is 0 Å². The van der Waals surface area contributed by atoms with Crippen molar-refractivity contribution in [3.05, 3.63) is 29.3 Å². The van der Waals surface area contributed by atoms with Gasteiger partial charge < -0.3 is 20.3 Å². The number of nitrogens with zero attached hydrogens (tertiary/aromatic N) is 2. The Balaban J connectivity index is 0.00000280. The highest BCUT2D eigenvalue weighted by atomic mass is 127. The first-order valence-electron chi connectivity index (χ1n) is 10.2. The van der Waals surface area contributed by atoms with Crippen molar-refractivity contribution in [3.63, 3.8) is 0 Å². The lowest BCUT2D eigenvalue weighted by atomic mass is 9.82. The van der Waals surface area contributed by atoms with Gasteiger partial charge in [-0.3, -0.25) is 0 Å². The summed E-state index contributed by atoms with van der Waals surface area (Å²) in [5, 5.41) is 7.74. The van der Waals surface area contributed by atoms with Gasteiger partial charge in [-0.15, -0.1) is 24.0 Å². The summed E-state index contributed by atoms with van der Waals surface area (Å²) < 4.78 is 5.93. The SMILES string of the molecule is CCNC(=NCC(C)Oc1cccc(Cl)c1)NC1CC2CCCC(C1)N2C.I. The van der Waals surface area contributed by atoms with Crippen LogP contribution in [0, 0.1) is 0 Å². The minimum absolute atomic E-state index is 0. The molecule has 3 atom stereocenters. The average molecular weight is 521 g/mol. The van der Waals surface area contributed by atoms with Gasteiger partial charge in [-0.2, -0.15) is 0 Å². The van der Waals surface area contributed by atoms with Gasteiger partial charge in [-0.05, 0) is 64.8 Å². The number of hydrogen-bond acceptors (Lipinski definition) is 3. The van der Waals surface area contributed by atoms with E-state index in [0.29, 0.717) is 29.7 Å². The van der Waals surface area contributed by atoms with Crippen molar-refractivity contribution >= 4 is 41.5 Å². The summed E-state index contributed by atoms with van der Waals surface area (Å²) in [6.07, 6.45) is 6.40. The van der Waals surface area contributed by atoms with E-state index in [1.54, 1.807) is 0 Å². The predicted octanol–water partition coefficient (Wildman–Crippen LogP) is 4.30. The molecule has 1 aromatic carbocycles. The Morgan fingerprint density at radius 2 is 2.04 bits per heavy atom. The fourth-order valence-electron chi connectivity index (χ4n) is 4.28. The summed E-state index contributed by atoms with van der Waals surface area (Å²) in [6, 6.07) is 9.43. The van der Waals surface area contributed by atoms with Gasteiger partial charge in [0.2, 0.25) is 0 Å². The lowest BCUT2D eigenvalue weighted by molar-refractivity contribution is 0.0526. The number of fused-ring (bicyclic) bond motifs is 2. The fraction of sp³-hybridized carbons (Fsp3) is 0.667. The molecule has 7 heteroatoms. The van der Waals surface area contributed by atoms with Crippen LogP contribution in [0.1, 0.15) is 46.0 Å². The summed E-state index contributed by atoms with van der Waals surface area (Å²) in [5.74, 6) is 1.68.